The molecule has 0 atom stereocenters. The summed E-state index contributed by atoms with van der Waals surface area (Å²) in [4.78, 5) is 15.1. The molecule has 0 heterocycles. The predicted molar refractivity (Wildman–Crippen MR) is 47.8 cm³/mol. The highest BCUT2D eigenvalue weighted by atomic mass is 32.2. The normalized spacial score (nSPS) is 10.0. The van der Waals surface area contributed by atoms with Crippen LogP contribution in [0.25, 0.3) is 0 Å². The Labute approximate surface area is 81.8 Å². The number of esters is 1. The van der Waals surface area contributed by atoms with Crippen molar-refractivity contribution in [2.24, 2.45) is 0 Å². The van der Waals surface area contributed by atoms with Crippen LogP contribution in [-0.2, 0) is 23.5 Å². The maximum Gasteiger partial charge on any atom is 0.331 e. The molecule has 0 amide bonds. The molecule has 0 rings (SSSR count). The molecular formula is C7H14O5S. The van der Waals surface area contributed by atoms with Crippen molar-refractivity contribution in [2.45, 2.75) is 13.3 Å². The van der Waals surface area contributed by atoms with Crippen LogP contribution in [0.3, 0.4) is 0 Å². The van der Waals surface area contributed by atoms with Crippen LogP contribution in [0.2, 0.25) is 0 Å². The Morgan fingerprint density at radius 1 is 1.46 bits per heavy atom. The number of hydrogen-bond acceptors (Lipinski definition) is 6. The lowest BCUT2D eigenvalue weighted by molar-refractivity contribution is -0.254. The summed E-state index contributed by atoms with van der Waals surface area (Å²) >= 11 is 1.20. The van der Waals surface area contributed by atoms with E-state index >= 15 is 0 Å². The van der Waals surface area contributed by atoms with Crippen LogP contribution in [0.1, 0.15) is 13.3 Å². The molecule has 0 bridgehead atoms. The van der Waals surface area contributed by atoms with Crippen LogP contribution >= 0.6 is 12.0 Å². The van der Waals surface area contributed by atoms with Gasteiger partial charge in [-0.2, -0.15) is 9.22 Å². The summed E-state index contributed by atoms with van der Waals surface area (Å²) in [6, 6.07) is 0. The van der Waals surface area contributed by atoms with Crippen LogP contribution in [0, 0.1) is 0 Å². The highest BCUT2D eigenvalue weighted by Gasteiger charge is 1.98. The quantitative estimate of drug-likeness (QED) is 0.149. The van der Waals surface area contributed by atoms with Gasteiger partial charge in [0, 0.05) is 17.8 Å². The summed E-state index contributed by atoms with van der Waals surface area (Å²) in [5.74, 6) is 0.418. The van der Waals surface area contributed by atoms with Gasteiger partial charge in [-0.1, -0.05) is 6.92 Å². The van der Waals surface area contributed by atoms with Crippen molar-refractivity contribution in [3.8, 4) is 0 Å². The first-order valence-electron chi connectivity index (χ1n) is 3.87. The van der Waals surface area contributed by atoms with Gasteiger partial charge in [-0.25, -0.2) is 4.79 Å². The molecule has 0 saturated heterocycles. The van der Waals surface area contributed by atoms with E-state index in [1.807, 2.05) is 6.92 Å². The number of ether oxygens (including phenoxy) is 2. The summed E-state index contributed by atoms with van der Waals surface area (Å²) in [6.07, 6.45) is 1.01. The SMILES string of the molecule is CCCSOOCOCC(=O)OC. The van der Waals surface area contributed by atoms with Gasteiger partial charge in [0.15, 0.2) is 6.79 Å². The first-order chi connectivity index (χ1) is 6.31. The van der Waals surface area contributed by atoms with Crippen molar-refractivity contribution >= 4 is 18.0 Å². The van der Waals surface area contributed by atoms with Crippen molar-refractivity contribution in [1.29, 1.82) is 0 Å². The second kappa shape index (κ2) is 9.79. The summed E-state index contributed by atoms with van der Waals surface area (Å²) in [5, 5.41) is 0. The molecular weight excluding hydrogens is 196 g/mol. The average Bonchev–Trinajstić information content (AvgIpc) is 2.16. The maximum absolute atomic E-state index is 10.5. The standard InChI is InChI=1S/C7H14O5S/c1-3-4-13-12-11-6-10-5-7(8)9-2/h3-6H2,1-2H3. The Morgan fingerprint density at radius 2 is 2.23 bits per heavy atom. The zero-order valence-electron chi connectivity index (χ0n) is 7.78. The molecule has 0 aromatic rings. The Morgan fingerprint density at radius 3 is 2.85 bits per heavy atom. The van der Waals surface area contributed by atoms with Crippen molar-refractivity contribution in [3.05, 3.63) is 0 Å². The van der Waals surface area contributed by atoms with E-state index in [1.54, 1.807) is 0 Å². The molecule has 0 aromatic carbocycles. The summed E-state index contributed by atoms with van der Waals surface area (Å²) in [6.45, 7) is 1.83. The van der Waals surface area contributed by atoms with Crippen LogP contribution < -0.4 is 0 Å². The van der Waals surface area contributed by atoms with Crippen LogP contribution in [0.15, 0.2) is 0 Å². The number of rotatable bonds is 8. The maximum atomic E-state index is 10.5. The Bertz CT molecular complexity index is 130. The molecule has 5 nitrogen and oxygen atoms in total. The van der Waals surface area contributed by atoms with Crippen molar-refractivity contribution < 1.29 is 23.5 Å². The lowest BCUT2D eigenvalue weighted by Gasteiger charge is -2.02. The molecule has 0 N–H and O–H groups in total. The lowest BCUT2D eigenvalue weighted by Crippen LogP contribution is -2.11. The largest absolute Gasteiger partial charge is 0.467 e. The van der Waals surface area contributed by atoms with E-state index in [-0.39, 0.29) is 13.4 Å². The topological polar surface area (TPSA) is 54.0 Å². The van der Waals surface area contributed by atoms with Gasteiger partial charge < -0.3 is 9.47 Å². The van der Waals surface area contributed by atoms with Crippen molar-refractivity contribution in [2.75, 3.05) is 26.3 Å². The first kappa shape index (κ1) is 12.7. The van der Waals surface area contributed by atoms with Gasteiger partial charge in [0.2, 0.25) is 0 Å². The van der Waals surface area contributed by atoms with E-state index < -0.39 is 5.97 Å². The highest BCUT2D eigenvalue weighted by molar-refractivity contribution is 7.94. The molecule has 0 aliphatic heterocycles. The van der Waals surface area contributed by atoms with Crippen molar-refractivity contribution in [3.63, 3.8) is 0 Å². The van der Waals surface area contributed by atoms with Crippen LogP contribution in [-0.4, -0.2) is 32.2 Å². The number of methoxy groups -OCH3 is 1. The molecule has 0 spiro atoms. The monoisotopic (exact) mass is 210 g/mol. The van der Waals surface area contributed by atoms with Crippen LogP contribution in [0.5, 0.6) is 0 Å². The fourth-order valence-electron chi connectivity index (χ4n) is 0.389. The third-order valence-electron chi connectivity index (χ3n) is 0.963. The molecule has 0 radical (unpaired) electrons. The van der Waals surface area contributed by atoms with E-state index in [0.717, 1.165) is 12.2 Å². The molecule has 0 saturated carbocycles. The fourth-order valence-corrected chi connectivity index (χ4v) is 0.731. The number of carbonyl (C=O) groups is 1. The van der Waals surface area contributed by atoms with E-state index in [1.165, 1.54) is 19.2 Å². The molecule has 0 aromatic heterocycles. The zero-order chi connectivity index (χ0) is 9.94. The molecule has 6 heteroatoms. The summed E-state index contributed by atoms with van der Waals surface area (Å²) < 4.78 is 13.7. The van der Waals surface area contributed by atoms with E-state index in [9.17, 15) is 4.79 Å². The predicted octanol–water partition coefficient (Wildman–Crippen LogP) is 1.14. The minimum atomic E-state index is -0.440. The van der Waals surface area contributed by atoms with Crippen LogP contribution in [0.4, 0.5) is 0 Å². The van der Waals surface area contributed by atoms with Gasteiger partial charge in [-0.05, 0) is 6.42 Å². The second-order valence-corrected chi connectivity index (χ2v) is 2.83. The third kappa shape index (κ3) is 9.62. The molecule has 0 unspecified atom stereocenters. The zero-order valence-corrected chi connectivity index (χ0v) is 8.59. The van der Waals surface area contributed by atoms with Gasteiger partial charge in [-0.15, -0.1) is 0 Å². The molecule has 13 heavy (non-hydrogen) atoms. The van der Waals surface area contributed by atoms with E-state index in [0.29, 0.717) is 0 Å². The molecule has 0 aliphatic rings. The minimum Gasteiger partial charge on any atom is -0.467 e. The molecule has 0 aliphatic carbocycles. The average molecular weight is 210 g/mol. The molecule has 78 valence electrons. The fraction of sp³-hybridized carbons (Fsp3) is 0.857. The second-order valence-electron chi connectivity index (χ2n) is 2.05. The van der Waals surface area contributed by atoms with Gasteiger partial charge in [0.05, 0.1) is 7.11 Å². The smallest absolute Gasteiger partial charge is 0.331 e. The Hall–Kier alpha value is -0.300. The summed E-state index contributed by atoms with van der Waals surface area (Å²) in [7, 11) is 1.29. The van der Waals surface area contributed by atoms with Gasteiger partial charge in [0.25, 0.3) is 0 Å². The van der Waals surface area contributed by atoms with E-state index in [2.05, 4.69) is 14.0 Å². The number of hydrogen-bond donors (Lipinski definition) is 0. The first-order valence-corrected chi connectivity index (χ1v) is 4.78. The Kier molecular flexibility index (Phi) is 9.56. The minimum absolute atomic E-state index is 0.0776. The van der Waals surface area contributed by atoms with Gasteiger partial charge in [-0.3, -0.25) is 0 Å². The highest BCUT2D eigenvalue weighted by Crippen LogP contribution is 2.03. The molecule has 0 fully saturated rings. The Balaban J connectivity index is 2.95. The van der Waals surface area contributed by atoms with Crippen molar-refractivity contribution in [1.82, 2.24) is 0 Å². The van der Waals surface area contributed by atoms with Gasteiger partial charge in [0.1, 0.15) is 6.61 Å². The van der Waals surface area contributed by atoms with E-state index in [4.69, 9.17) is 4.74 Å². The number of carbonyl (C=O) groups excluding carboxylic acids is 1. The summed E-state index contributed by atoms with van der Waals surface area (Å²) in [5.41, 5.74) is 0. The third-order valence-corrected chi connectivity index (χ3v) is 1.73. The lowest BCUT2D eigenvalue weighted by atomic mass is 10.6. The van der Waals surface area contributed by atoms with Gasteiger partial charge >= 0.3 is 5.97 Å².